The lowest BCUT2D eigenvalue weighted by Gasteiger charge is -2.39. The fourth-order valence-corrected chi connectivity index (χ4v) is 3.77. The Morgan fingerprint density at radius 2 is 0.739 bits per heavy atom. The normalized spacial score (nSPS) is 11.5. The van der Waals surface area contributed by atoms with Crippen molar-refractivity contribution in [2.45, 2.75) is 111 Å². The molecule has 0 unspecified atom stereocenters. The van der Waals surface area contributed by atoms with Gasteiger partial charge >= 0.3 is 0 Å². The van der Waals surface area contributed by atoms with Gasteiger partial charge < -0.3 is 28.5 Å². The van der Waals surface area contributed by atoms with Crippen molar-refractivity contribution in [3.8, 4) is 0 Å². The molecule has 0 bridgehead atoms. The fourth-order valence-electron chi connectivity index (χ4n) is 3.77. The van der Waals surface area contributed by atoms with Gasteiger partial charge in [0.1, 0.15) is 0 Å². The molecule has 0 aromatic rings. The molecule has 0 aromatic heterocycles. The maximum absolute atomic E-state index is 2.39. The first-order valence-electron chi connectivity index (χ1n) is 10.6. The van der Waals surface area contributed by atoms with Crippen molar-refractivity contribution in [3.63, 3.8) is 0 Å². The number of halogens is 1. The second kappa shape index (κ2) is 19.0. The summed E-state index contributed by atoms with van der Waals surface area (Å²) < 4.78 is 1.44. The van der Waals surface area contributed by atoms with Crippen molar-refractivity contribution in [1.82, 2.24) is 0 Å². The summed E-state index contributed by atoms with van der Waals surface area (Å²) >= 11 is 0. The highest BCUT2D eigenvalue weighted by Gasteiger charge is 2.24. The van der Waals surface area contributed by atoms with Crippen LogP contribution in [0, 0.1) is 0 Å². The van der Waals surface area contributed by atoms with E-state index in [1.165, 1.54) is 114 Å². The fraction of sp³-hybridized carbons (Fsp3) is 1.00. The van der Waals surface area contributed by atoms with Gasteiger partial charge in [0.15, 0.2) is 0 Å². The van der Waals surface area contributed by atoms with Gasteiger partial charge in [0.05, 0.1) is 26.2 Å². The number of hydrogen-bond donors (Lipinski definition) is 0. The molecule has 0 radical (unpaired) electrons. The van der Waals surface area contributed by atoms with Gasteiger partial charge in [0.25, 0.3) is 0 Å². The highest BCUT2D eigenvalue weighted by atomic mass is 127. The molecule has 0 aliphatic rings. The van der Waals surface area contributed by atoms with Gasteiger partial charge in [-0.25, -0.2) is 0 Å². The lowest BCUT2D eigenvalue weighted by Crippen LogP contribution is -3.00. The number of nitrogens with zero attached hydrogens (tertiary/aromatic N) is 1. The molecule has 2 heteroatoms. The van der Waals surface area contributed by atoms with Crippen molar-refractivity contribution in [3.05, 3.63) is 0 Å². The molecular formula is C21H46IN. The Hall–Kier alpha value is 0.690. The van der Waals surface area contributed by atoms with Crippen LogP contribution < -0.4 is 24.0 Å². The molecule has 0 N–H and O–H groups in total. The summed E-state index contributed by atoms with van der Waals surface area (Å²) in [4.78, 5) is 0. The number of rotatable bonds is 17. The van der Waals surface area contributed by atoms with E-state index in [1.807, 2.05) is 0 Å². The van der Waals surface area contributed by atoms with Crippen LogP contribution in [0.2, 0.25) is 0 Å². The van der Waals surface area contributed by atoms with Crippen LogP contribution in [0.4, 0.5) is 0 Å². The molecule has 0 amide bonds. The molecule has 1 nitrogen and oxygen atoms in total. The zero-order chi connectivity index (χ0) is 16.5. The van der Waals surface area contributed by atoms with E-state index >= 15 is 0 Å². The molecule has 0 rings (SSSR count). The average Bonchev–Trinajstić information content (AvgIpc) is 2.53. The van der Waals surface area contributed by atoms with Gasteiger partial charge in [-0.05, 0) is 44.9 Å². The monoisotopic (exact) mass is 439 g/mol. The summed E-state index contributed by atoms with van der Waals surface area (Å²) in [6.07, 6.45) is 18.4. The zero-order valence-corrected chi connectivity index (χ0v) is 19.0. The minimum Gasteiger partial charge on any atom is -1.00 e. The summed E-state index contributed by atoms with van der Waals surface area (Å²) in [5.74, 6) is 0. The lowest BCUT2D eigenvalue weighted by atomic mass is 10.1. The highest BCUT2D eigenvalue weighted by Crippen LogP contribution is 2.18. The first-order chi connectivity index (χ1) is 10.7. The van der Waals surface area contributed by atoms with Crippen LogP contribution in [0.3, 0.4) is 0 Å². The maximum atomic E-state index is 2.39. The summed E-state index contributed by atoms with van der Waals surface area (Å²) in [5.41, 5.74) is 0. The molecule has 0 atom stereocenters. The standard InChI is InChI=1S/C21H46N.HI/c1-5-9-12-15-19-22(18-8-4,20-16-13-10-6-2)21-17-14-11-7-3;/h5-21H2,1-4H3;1H/q+1;/p-1. The predicted octanol–water partition coefficient (Wildman–Crippen LogP) is 3.96. The third kappa shape index (κ3) is 14.7. The van der Waals surface area contributed by atoms with Crippen LogP contribution >= 0.6 is 0 Å². The third-order valence-electron chi connectivity index (χ3n) is 5.16. The van der Waals surface area contributed by atoms with Crippen molar-refractivity contribution in [2.75, 3.05) is 26.2 Å². The Morgan fingerprint density at radius 3 is 1.00 bits per heavy atom. The van der Waals surface area contributed by atoms with E-state index in [0.29, 0.717) is 0 Å². The quantitative estimate of drug-likeness (QED) is 0.183. The number of unbranched alkanes of at least 4 members (excludes halogenated alkanes) is 9. The molecule has 0 fully saturated rings. The van der Waals surface area contributed by atoms with Gasteiger partial charge in [-0.15, -0.1) is 0 Å². The molecule has 142 valence electrons. The van der Waals surface area contributed by atoms with Crippen molar-refractivity contribution < 1.29 is 28.5 Å². The predicted molar refractivity (Wildman–Crippen MR) is 102 cm³/mol. The van der Waals surface area contributed by atoms with E-state index in [1.54, 1.807) is 0 Å². The van der Waals surface area contributed by atoms with Crippen LogP contribution in [0.25, 0.3) is 0 Å². The second-order valence-corrected chi connectivity index (χ2v) is 7.42. The Morgan fingerprint density at radius 1 is 0.391 bits per heavy atom. The number of hydrogen-bond acceptors (Lipinski definition) is 0. The molecule has 0 aromatic carbocycles. The molecule has 23 heavy (non-hydrogen) atoms. The van der Waals surface area contributed by atoms with Gasteiger partial charge in [-0.3, -0.25) is 0 Å². The lowest BCUT2D eigenvalue weighted by molar-refractivity contribution is -0.929. The molecule has 0 saturated heterocycles. The van der Waals surface area contributed by atoms with E-state index in [9.17, 15) is 0 Å². The summed E-state index contributed by atoms with van der Waals surface area (Å²) in [5, 5.41) is 0. The van der Waals surface area contributed by atoms with Crippen molar-refractivity contribution in [2.24, 2.45) is 0 Å². The molecule has 0 heterocycles. The minimum absolute atomic E-state index is 0. The Bertz CT molecular complexity index is 187. The Labute approximate surface area is 165 Å². The number of quaternary nitrogens is 1. The van der Waals surface area contributed by atoms with Gasteiger partial charge in [0, 0.05) is 0 Å². The Kier molecular flexibility index (Phi) is 21.4. The summed E-state index contributed by atoms with van der Waals surface area (Å²) in [6.45, 7) is 15.1. The molecular weight excluding hydrogens is 393 g/mol. The van der Waals surface area contributed by atoms with Crippen LogP contribution in [0.15, 0.2) is 0 Å². The zero-order valence-electron chi connectivity index (χ0n) is 16.8. The maximum Gasteiger partial charge on any atom is 0.0786 e. The molecule has 0 spiro atoms. The SMILES string of the molecule is CCCCCC[N+](CCC)(CCCCCC)CCCCCC.[I-]. The minimum atomic E-state index is 0. The third-order valence-corrected chi connectivity index (χ3v) is 5.16. The average molecular weight is 440 g/mol. The largest absolute Gasteiger partial charge is 1.00 e. The van der Waals surface area contributed by atoms with Crippen LogP contribution in [-0.4, -0.2) is 30.7 Å². The van der Waals surface area contributed by atoms with E-state index < -0.39 is 0 Å². The topological polar surface area (TPSA) is 0 Å². The Balaban J connectivity index is 0. The highest BCUT2D eigenvalue weighted by molar-refractivity contribution is 4.51. The molecule has 0 aliphatic heterocycles. The van der Waals surface area contributed by atoms with E-state index in [-0.39, 0.29) is 24.0 Å². The smallest absolute Gasteiger partial charge is 0.0786 e. The van der Waals surface area contributed by atoms with Gasteiger partial charge in [-0.2, -0.15) is 0 Å². The first kappa shape index (κ1) is 25.9. The van der Waals surface area contributed by atoms with Crippen molar-refractivity contribution >= 4 is 0 Å². The van der Waals surface area contributed by atoms with Gasteiger partial charge in [-0.1, -0.05) is 66.2 Å². The second-order valence-electron chi connectivity index (χ2n) is 7.42. The van der Waals surface area contributed by atoms with Crippen LogP contribution in [0.5, 0.6) is 0 Å². The summed E-state index contributed by atoms with van der Waals surface area (Å²) in [7, 11) is 0. The van der Waals surface area contributed by atoms with Crippen LogP contribution in [0.1, 0.15) is 111 Å². The van der Waals surface area contributed by atoms with E-state index in [2.05, 4.69) is 27.7 Å². The molecule has 0 saturated carbocycles. The summed E-state index contributed by atoms with van der Waals surface area (Å²) in [6, 6.07) is 0. The first-order valence-corrected chi connectivity index (χ1v) is 10.6. The molecule has 0 aliphatic carbocycles. The van der Waals surface area contributed by atoms with E-state index in [0.717, 1.165) is 0 Å². The van der Waals surface area contributed by atoms with E-state index in [4.69, 9.17) is 0 Å². The van der Waals surface area contributed by atoms with Crippen LogP contribution in [-0.2, 0) is 0 Å². The van der Waals surface area contributed by atoms with Crippen molar-refractivity contribution in [1.29, 1.82) is 0 Å². The van der Waals surface area contributed by atoms with Gasteiger partial charge in [0.2, 0.25) is 0 Å².